The lowest BCUT2D eigenvalue weighted by Crippen LogP contribution is -2.14. The van der Waals surface area contributed by atoms with Crippen molar-refractivity contribution in [2.24, 2.45) is 0 Å². The molecule has 0 amide bonds. The van der Waals surface area contributed by atoms with Gasteiger partial charge in [0, 0.05) is 15.5 Å². The van der Waals surface area contributed by atoms with E-state index in [1.807, 2.05) is 0 Å². The Bertz CT molecular complexity index is 310. The summed E-state index contributed by atoms with van der Waals surface area (Å²) in [7, 11) is 0. The first-order valence-electron chi connectivity index (χ1n) is 4.80. The molecule has 0 radical (unpaired) electrons. The van der Waals surface area contributed by atoms with Gasteiger partial charge in [-0.05, 0) is 43.1 Å². The summed E-state index contributed by atoms with van der Waals surface area (Å²) < 4.78 is 2.36. The predicted octanol–water partition coefficient (Wildman–Crippen LogP) is 4.02. The van der Waals surface area contributed by atoms with Gasteiger partial charge in [0.15, 0.2) is 0 Å². The van der Waals surface area contributed by atoms with Crippen molar-refractivity contribution >= 4 is 31.9 Å². The first-order chi connectivity index (χ1) is 6.65. The molecule has 14 heavy (non-hydrogen) atoms. The Balaban J connectivity index is 2.72. The number of nitrogens with one attached hydrogen (secondary N) is 1. The van der Waals surface area contributed by atoms with Gasteiger partial charge in [-0.2, -0.15) is 0 Å². The number of hydrogen-bond donors (Lipinski definition) is 1. The van der Waals surface area contributed by atoms with Crippen molar-refractivity contribution in [3.05, 3.63) is 32.2 Å². The van der Waals surface area contributed by atoms with E-state index in [1.165, 1.54) is 26.5 Å². The van der Waals surface area contributed by atoms with Gasteiger partial charge in [0.2, 0.25) is 0 Å². The number of rotatable bonds is 4. The molecule has 0 spiro atoms. The number of hydrogen-bond acceptors (Lipinski definition) is 1. The highest BCUT2D eigenvalue weighted by molar-refractivity contribution is 9.11. The third-order valence-corrected chi connectivity index (χ3v) is 3.66. The summed E-state index contributed by atoms with van der Waals surface area (Å²) >= 11 is 7.11. The topological polar surface area (TPSA) is 12.0 Å². The molecule has 78 valence electrons. The molecule has 1 N–H and O–H groups in total. The zero-order valence-corrected chi connectivity index (χ0v) is 11.7. The molecule has 0 atom stereocenters. The molecule has 0 saturated carbocycles. The van der Waals surface area contributed by atoms with Crippen LogP contribution in [0.3, 0.4) is 0 Å². The Labute approximate surface area is 103 Å². The van der Waals surface area contributed by atoms with Gasteiger partial charge in [-0.25, -0.2) is 0 Å². The third kappa shape index (κ3) is 3.37. The van der Waals surface area contributed by atoms with Gasteiger partial charge in [0.1, 0.15) is 0 Å². The van der Waals surface area contributed by atoms with Crippen molar-refractivity contribution in [3.8, 4) is 0 Å². The molecule has 0 aromatic heterocycles. The SMILES string of the molecule is CCCNCc1cc(Br)c(C)cc1Br. The second kappa shape index (κ2) is 5.89. The van der Waals surface area contributed by atoms with E-state index in [1.54, 1.807) is 0 Å². The van der Waals surface area contributed by atoms with Crippen molar-refractivity contribution in [1.82, 2.24) is 5.32 Å². The lowest BCUT2D eigenvalue weighted by atomic mass is 10.1. The molecular weight excluding hydrogens is 306 g/mol. The maximum atomic E-state index is 3.57. The lowest BCUT2D eigenvalue weighted by molar-refractivity contribution is 0.673. The molecule has 1 rings (SSSR count). The Morgan fingerprint density at radius 2 is 1.93 bits per heavy atom. The monoisotopic (exact) mass is 319 g/mol. The maximum absolute atomic E-state index is 3.57. The minimum atomic E-state index is 0.924. The van der Waals surface area contributed by atoms with E-state index < -0.39 is 0 Å². The van der Waals surface area contributed by atoms with Crippen molar-refractivity contribution in [1.29, 1.82) is 0 Å². The number of aryl methyl sites for hydroxylation is 1. The van der Waals surface area contributed by atoms with E-state index >= 15 is 0 Å². The van der Waals surface area contributed by atoms with Crippen molar-refractivity contribution < 1.29 is 0 Å². The molecule has 0 aliphatic carbocycles. The van der Waals surface area contributed by atoms with E-state index in [-0.39, 0.29) is 0 Å². The molecule has 0 aliphatic rings. The predicted molar refractivity (Wildman–Crippen MR) is 68.6 cm³/mol. The Morgan fingerprint density at radius 3 is 2.57 bits per heavy atom. The standard InChI is InChI=1S/C11H15Br2N/c1-3-4-14-7-9-6-10(12)8(2)5-11(9)13/h5-6,14H,3-4,7H2,1-2H3. The van der Waals surface area contributed by atoms with E-state index in [2.05, 4.69) is 63.2 Å². The van der Waals surface area contributed by atoms with Crippen molar-refractivity contribution in [2.75, 3.05) is 6.54 Å². The average Bonchev–Trinajstić information content (AvgIpc) is 2.14. The summed E-state index contributed by atoms with van der Waals surface area (Å²) in [5.74, 6) is 0. The smallest absolute Gasteiger partial charge is 0.0223 e. The average molecular weight is 321 g/mol. The van der Waals surface area contributed by atoms with Crippen LogP contribution in [0.2, 0.25) is 0 Å². The van der Waals surface area contributed by atoms with Crippen molar-refractivity contribution in [3.63, 3.8) is 0 Å². The Kier molecular flexibility index (Phi) is 5.13. The highest BCUT2D eigenvalue weighted by Gasteiger charge is 2.02. The maximum Gasteiger partial charge on any atom is 0.0223 e. The summed E-state index contributed by atoms with van der Waals surface area (Å²) in [5.41, 5.74) is 2.56. The van der Waals surface area contributed by atoms with Gasteiger partial charge < -0.3 is 5.32 Å². The van der Waals surface area contributed by atoms with Crippen LogP contribution < -0.4 is 5.32 Å². The first-order valence-corrected chi connectivity index (χ1v) is 6.39. The second-order valence-electron chi connectivity index (χ2n) is 3.37. The normalized spacial score (nSPS) is 10.6. The molecule has 1 nitrogen and oxygen atoms in total. The van der Waals surface area contributed by atoms with E-state index in [9.17, 15) is 0 Å². The van der Waals surface area contributed by atoms with Crippen molar-refractivity contribution in [2.45, 2.75) is 26.8 Å². The summed E-state index contributed by atoms with van der Waals surface area (Å²) in [5, 5.41) is 3.39. The third-order valence-electron chi connectivity index (χ3n) is 2.07. The van der Waals surface area contributed by atoms with E-state index in [0.717, 1.165) is 13.1 Å². The van der Waals surface area contributed by atoms with Crippen LogP contribution in [0.15, 0.2) is 21.1 Å². The quantitative estimate of drug-likeness (QED) is 0.826. The molecule has 0 fully saturated rings. The van der Waals surface area contributed by atoms with Crippen LogP contribution in [0.5, 0.6) is 0 Å². The van der Waals surface area contributed by atoms with Crippen LogP contribution in [0, 0.1) is 6.92 Å². The van der Waals surface area contributed by atoms with E-state index in [4.69, 9.17) is 0 Å². The van der Waals surface area contributed by atoms with Crippen LogP contribution in [0.1, 0.15) is 24.5 Å². The lowest BCUT2D eigenvalue weighted by Gasteiger charge is -2.08. The van der Waals surface area contributed by atoms with Crippen LogP contribution in [0.25, 0.3) is 0 Å². The molecule has 0 saturated heterocycles. The van der Waals surface area contributed by atoms with Crippen LogP contribution in [-0.4, -0.2) is 6.54 Å². The van der Waals surface area contributed by atoms with Crippen LogP contribution in [0.4, 0.5) is 0 Å². The summed E-state index contributed by atoms with van der Waals surface area (Å²) in [4.78, 5) is 0. The Hall–Kier alpha value is 0.140. The largest absolute Gasteiger partial charge is 0.313 e. The highest BCUT2D eigenvalue weighted by Crippen LogP contribution is 2.25. The van der Waals surface area contributed by atoms with Crippen LogP contribution in [-0.2, 0) is 6.54 Å². The fourth-order valence-electron chi connectivity index (χ4n) is 1.22. The first kappa shape index (κ1) is 12.2. The molecule has 0 aliphatic heterocycles. The van der Waals surface area contributed by atoms with Gasteiger partial charge in [-0.15, -0.1) is 0 Å². The zero-order valence-electron chi connectivity index (χ0n) is 8.53. The zero-order chi connectivity index (χ0) is 10.6. The van der Waals surface area contributed by atoms with Gasteiger partial charge >= 0.3 is 0 Å². The highest BCUT2D eigenvalue weighted by atomic mass is 79.9. The van der Waals surface area contributed by atoms with Crippen LogP contribution >= 0.6 is 31.9 Å². The number of benzene rings is 1. The van der Waals surface area contributed by atoms with Gasteiger partial charge in [0.05, 0.1) is 0 Å². The minimum absolute atomic E-state index is 0.924. The molecule has 1 aromatic carbocycles. The second-order valence-corrected chi connectivity index (χ2v) is 5.08. The van der Waals surface area contributed by atoms with Gasteiger partial charge in [0.25, 0.3) is 0 Å². The molecule has 0 bridgehead atoms. The molecule has 0 unspecified atom stereocenters. The molecular formula is C11H15Br2N. The molecule has 0 heterocycles. The summed E-state index contributed by atoms with van der Waals surface area (Å²) in [6, 6.07) is 4.31. The Morgan fingerprint density at radius 1 is 1.21 bits per heavy atom. The van der Waals surface area contributed by atoms with E-state index in [0.29, 0.717) is 0 Å². The summed E-state index contributed by atoms with van der Waals surface area (Å²) in [6.07, 6.45) is 1.17. The van der Waals surface area contributed by atoms with Gasteiger partial charge in [-0.1, -0.05) is 38.8 Å². The number of halogens is 2. The van der Waals surface area contributed by atoms with Gasteiger partial charge in [-0.3, -0.25) is 0 Å². The summed E-state index contributed by atoms with van der Waals surface area (Å²) in [6.45, 7) is 6.26. The minimum Gasteiger partial charge on any atom is -0.313 e. The molecule has 3 heteroatoms. The fraction of sp³-hybridized carbons (Fsp3) is 0.455. The fourth-order valence-corrected chi connectivity index (χ4v) is 2.21. The molecule has 1 aromatic rings.